The molecule has 1 aliphatic rings. The number of benzene rings is 1. The van der Waals surface area contributed by atoms with Gasteiger partial charge in [-0.15, -0.1) is 0 Å². The maximum atomic E-state index is 5.94. The third-order valence-electron chi connectivity index (χ3n) is 3.04. The van der Waals surface area contributed by atoms with Crippen LogP contribution >= 0.6 is 23.2 Å². The predicted molar refractivity (Wildman–Crippen MR) is 70.5 cm³/mol. The maximum absolute atomic E-state index is 5.94. The van der Waals surface area contributed by atoms with E-state index in [2.05, 4.69) is 10.6 Å². The zero-order chi connectivity index (χ0) is 11.6. The van der Waals surface area contributed by atoms with Crippen molar-refractivity contribution in [2.24, 2.45) is 5.41 Å². The molecule has 0 aromatic heterocycles. The minimum absolute atomic E-state index is 0.434. The van der Waals surface area contributed by atoms with Crippen LogP contribution in [0.4, 0.5) is 5.69 Å². The van der Waals surface area contributed by atoms with Crippen LogP contribution in [0.5, 0.6) is 0 Å². The molecule has 88 valence electrons. The smallest absolute Gasteiger partial charge is 0.0441 e. The molecule has 1 aromatic carbocycles. The van der Waals surface area contributed by atoms with Crippen LogP contribution in [0.3, 0.4) is 0 Å². The summed E-state index contributed by atoms with van der Waals surface area (Å²) in [4.78, 5) is 0. The summed E-state index contributed by atoms with van der Waals surface area (Å²) in [6, 6.07) is 5.56. The molecular weight excluding hydrogens is 243 g/mol. The van der Waals surface area contributed by atoms with Crippen LogP contribution in [-0.2, 0) is 0 Å². The molecule has 2 rings (SSSR count). The molecule has 16 heavy (non-hydrogen) atoms. The molecular formula is C12H16Cl2N2. The minimum atomic E-state index is 0.434. The molecule has 0 amide bonds. The monoisotopic (exact) mass is 258 g/mol. The van der Waals surface area contributed by atoms with Gasteiger partial charge in [-0.25, -0.2) is 0 Å². The summed E-state index contributed by atoms with van der Waals surface area (Å²) < 4.78 is 0. The fraction of sp³-hybridized carbons (Fsp3) is 0.500. The van der Waals surface area contributed by atoms with Crippen molar-refractivity contribution in [1.82, 2.24) is 5.32 Å². The van der Waals surface area contributed by atoms with Gasteiger partial charge in [0.25, 0.3) is 0 Å². The van der Waals surface area contributed by atoms with Gasteiger partial charge in [-0.3, -0.25) is 0 Å². The average molecular weight is 259 g/mol. The lowest BCUT2D eigenvalue weighted by Gasteiger charge is -2.16. The number of hydrogen-bond acceptors (Lipinski definition) is 2. The summed E-state index contributed by atoms with van der Waals surface area (Å²) in [5.41, 5.74) is 1.43. The Kier molecular flexibility index (Phi) is 3.63. The van der Waals surface area contributed by atoms with Crippen LogP contribution in [0.25, 0.3) is 0 Å². The van der Waals surface area contributed by atoms with Crippen LogP contribution in [0.2, 0.25) is 10.0 Å². The molecule has 2 N–H and O–H groups in total. The molecule has 1 fully saturated rings. The molecule has 0 bridgehead atoms. The number of anilines is 1. The Balaban J connectivity index is 1.94. The molecule has 0 unspecified atom stereocenters. The zero-order valence-electron chi connectivity index (χ0n) is 9.32. The molecule has 1 aromatic rings. The molecule has 0 saturated heterocycles. The third-order valence-corrected chi connectivity index (χ3v) is 3.48. The van der Waals surface area contributed by atoms with Gasteiger partial charge in [0, 0.05) is 34.2 Å². The van der Waals surface area contributed by atoms with E-state index in [-0.39, 0.29) is 0 Å². The van der Waals surface area contributed by atoms with Crippen LogP contribution in [0.15, 0.2) is 18.2 Å². The Bertz CT molecular complexity index is 355. The highest BCUT2D eigenvalue weighted by atomic mass is 35.5. The number of halogens is 2. The van der Waals surface area contributed by atoms with Crippen LogP contribution in [0, 0.1) is 5.41 Å². The van der Waals surface area contributed by atoms with Crippen molar-refractivity contribution < 1.29 is 0 Å². The second-order valence-electron chi connectivity index (χ2n) is 4.54. The minimum Gasteiger partial charge on any atom is -0.384 e. The van der Waals surface area contributed by atoms with E-state index in [1.54, 1.807) is 6.07 Å². The lowest BCUT2D eigenvalue weighted by atomic mass is 10.1. The fourth-order valence-corrected chi connectivity index (χ4v) is 2.44. The van der Waals surface area contributed by atoms with Gasteiger partial charge in [0.1, 0.15) is 0 Å². The summed E-state index contributed by atoms with van der Waals surface area (Å²) in [5, 5.41) is 7.99. The van der Waals surface area contributed by atoms with E-state index in [4.69, 9.17) is 23.2 Å². The standard InChI is InChI=1S/C12H16Cl2N2/c1-15-7-12(2-3-12)8-16-11-5-9(13)4-10(14)6-11/h4-6,15-16H,2-3,7-8H2,1H3. The van der Waals surface area contributed by atoms with Crippen LogP contribution in [0.1, 0.15) is 12.8 Å². The molecule has 0 aliphatic heterocycles. The van der Waals surface area contributed by atoms with Crippen molar-refractivity contribution >= 4 is 28.9 Å². The number of rotatable bonds is 5. The molecule has 4 heteroatoms. The van der Waals surface area contributed by atoms with Crippen molar-refractivity contribution in [3.05, 3.63) is 28.2 Å². The Morgan fingerprint density at radius 2 is 1.75 bits per heavy atom. The molecule has 2 nitrogen and oxygen atoms in total. The van der Waals surface area contributed by atoms with Gasteiger partial charge in [0.05, 0.1) is 0 Å². The fourth-order valence-electron chi connectivity index (χ4n) is 1.91. The highest BCUT2D eigenvalue weighted by Gasteiger charge is 2.41. The Labute approximate surface area is 106 Å². The molecule has 0 heterocycles. The largest absolute Gasteiger partial charge is 0.384 e. The summed E-state index contributed by atoms with van der Waals surface area (Å²) in [5.74, 6) is 0. The first kappa shape index (κ1) is 12.0. The van der Waals surface area contributed by atoms with E-state index >= 15 is 0 Å². The quantitative estimate of drug-likeness (QED) is 0.846. The van der Waals surface area contributed by atoms with Gasteiger partial charge < -0.3 is 10.6 Å². The lowest BCUT2D eigenvalue weighted by molar-refractivity contribution is 0.507. The molecule has 0 spiro atoms. The molecule has 0 radical (unpaired) electrons. The molecule has 0 atom stereocenters. The SMILES string of the molecule is CNCC1(CNc2cc(Cl)cc(Cl)c2)CC1. The van der Waals surface area contributed by atoms with Crippen molar-refractivity contribution in [1.29, 1.82) is 0 Å². The Morgan fingerprint density at radius 1 is 1.12 bits per heavy atom. The first-order valence-electron chi connectivity index (χ1n) is 5.48. The number of hydrogen-bond donors (Lipinski definition) is 2. The van der Waals surface area contributed by atoms with Crippen molar-refractivity contribution in [3.8, 4) is 0 Å². The number of nitrogens with one attached hydrogen (secondary N) is 2. The normalized spacial score (nSPS) is 17.2. The van der Waals surface area contributed by atoms with Crippen LogP contribution < -0.4 is 10.6 Å². The van der Waals surface area contributed by atoms with Gasteiger partial charge in [-0.1, -0.05) is 23.2 Å². The van der Waals surface area contributed by atoms with E-state index in [0.29, 0.717) is 15.5 Å². The van der Waals surface area contributed by atoms with Crippen molar-refractivity contribution in [3.63, 3.8) is 0 Å². The average Bonchev–Trinajstić information content (AvgIpc) is 2.95. The topological polar surface area (TPSA) is 24.1 Å². The van der Waals surface area contributed by atoms with E-state index < -0.39 is 0 Å². The highest BCUT2D eigenvalue weighted by molar-refractivity contribution is 6.35. The van der Waals surface area contributed by atoms with Crippen molar-refractivity contribution in [2.75, 3.05) is 25.5 Å². The van der Waals surface area contributed by atoms with Crippen molar-refractivity contribution in [2.45, 2.75) is 12.8 Å². The molecule has 1 saturated carbocycles. The maximum Gasteiger partial charge on any atom is 0.0441 e. The van der Waals surface area contributed by atoms with Gasteiger partial charge in [0.15, 0.2) is 0 Å². The van der Waals surface area contributed by atoms with Gasteiger partial charge in [-0.2, -0.15) is 0 Å². The third kappa shape index (κ3) is 3.03. The summed E-state index contributed by atoms with van der Waals surface area (Å²) in [6.07, 6.45) is 2.57. The summed E-state index contributed by atoms with van der Waals surface area (Å²) >= 11 is 11.9. The van der Waals surface area contributed by atoms with E-state index in [1.807, 2.05) is 19.2 Å². The van der Waals surface area contributed by atoms with Gasteiger partial charge in [-0.05, 0) is 38.1 Å². The van der Waals surface area contributed by atoms with Gasteiger partial charge >= 0.3 is 0 Å². The Morgan fingerprint density at radius 3 is 2.25 bits per heavy atom. The highest BCUT2D eigenvalue weighted by Crippen LogP contribution is 2.45. The second kappa shape index (κ2) is 4.82. The molecule has 1 aliphatic carbocycles. The van der Waals surface area contributed by atoms with Gasteiger partial charge in [0.2, 0.25) is 0 Å². The summed E-state index contributed by atoms with van der Waals surface area (Å²) in [7, 11) is 2.00. The van der Waals surface area contributed by atoms with Crippen LogP contribution in [-0.4, -0.2) is 20.1 Å². The lowest BCUT2D eigenvalue weighted by Crippen LogP contribution is -2.26. The predicted octanol–water partition coefficient (Wildman–Crippen LogP) is 3.40. The van der Waals surface area contributed by atoms with E-state index in [1.165, 1.54) is 12.8 Å². The summed E-state index contributed by atoms with van der Waals surface area (Å²) in [6.45, 7) is 2.04. The van der Waals surface area contributed by atoms with E-state index in [0.717, 1.165) is 18.8 Å². The first-order chi connectivity index (χ1) is 7.63. The first-order valence-corrected chi connectivity index (χ1v) is 6.24. The zero-order valence-corrected chi connectivity index (χ0v) is 10.8. The van der Waals surface area contributed by atoms with E-state index in [9.17, 15) is 0 Å². The second-order valence-corrected chi connectivity index (χ2v) is 5.41. The Hall–Kier alpha value is -0.440.